The Hall–Kier alpha value is -1.90. The van der Waals surface area contributed by atoms with Crippen LogP contribution in [0.1, 0.15) is 16.3 Å². The van der Waals surface area contributed by atoms with Gasteiger partial charge in [-0.1, -0.05) is 18.2 Å². The monoisotopic (exact) mass is 186 g/mol. The topological polar surface area (TPSA) is 34.9 Å². The molecule has 1 aromatic heterocycles. The lowest BCUT2D eigenvalue weighted by Crippen LogP contribution is -1.97. The van der Waals surface area contributed by atoms with Crippen LogP contribution >= 0.6 is 0 Å². The summed E-state index contributed by atoms with van der Waals surface area (Å²) in [6.45, 7) is 1.87. The Labute approximate surface area is 82.0 Å². The van der Waals surface area contributed by atoms with Crippen LogP contribution in [0.25, 0.3) is 5.69 Å². The summed E-state index contributed by atoms with van der Waals surface area (Å²) in [5.41, 5.74) is 1.80. The number of para-hydroxylation sites is 1. The molecular formula is C11H10N2O. The Bertz CT molecular complexity index is 446. The largest absolute Gasteiger partial charge is 0.297 e. The fourth-order valence-corrected chi connectivity index (χ4v) is 1.39. The number of carbonyl (C=O) groups excluding carboxylic acids is 1. The minimum atomic E-state index is 0.439. The van der Waals surface area contributed by atoms with E-state index in [4.69, 9.17) is 0 Å². The van der Waals surface area contributed by atoms with Crippen LogP contribution in [0.15, 0.2) is 36.5 Å². The number of benzene rings is 1. The third-order valence-corrected chi connectivity index (χ3v) is 1.99. The molecule has 0 aliphatic heterocycles. The summed E-state index contributed by atoms with van der Waals surface area (Å²) in [5.74, 6) is 0.439. The molecule has 0 radical (unpaired) electrons. The van der Waals surface area contributed by atoms with E-state index >= 15 is 0 Å². The van der Waals surface area contributed by atoms with Crippen LogP contribution < -0.4 is 0 Å². The molecule has 0 aliphatic rings. The maximum atomic E-state index is 10.7. The van der Waals surface area contributed by atoms with E-state index in [1.165, 1.54) is 0 Å². The molecule has 1 aromatic carbocycles. The average Bonchev–Trinajstić information content (AvgIpc) is 2.61. The smallest absolute Gasteiger partial charge is 0.185 e. The Morgan fingerprint density at radius 3 is 2.64 bits per heavy atom. The first kappa shape index (κ1) is 8.69. The van der Waals surface area contributed by atoms with Gasteiger partial charge in [-0.25, -0.2) is 4.98 Å². The summed E-state index contributed by atoms with van der Waals surface area (Å²) in [7, 11) is 0. The minimum absolute atomic E-state index is 0.439. The van der Waals surface area contributed by atoms with Gasteiger partial charge in [-0.15, -0.1) is 0 Å². The summed E-state index contributed by atoms with van der Waals surface area (Å²) in [6, 6.07) is 9.68. The van der Waals surface area contributed by atoms with Gasteiger partial charge in [0, 0.05) is 11.9 Å². The lowest BCUT2D eigenvalue weighted by molar-refractivity contribution is 0.111. The molecule has 0 unspecified atom stereocenters. The Morgan fingerprint density at radius 2 is 2.00 bits per heavy atom. The summed E-state index contributed by atoms with van der Waals surface area (Å²) >= 11 is 0. The molecule has 0 bridgehead atoms. The zero-order chi connectivity index (χ0) is 9.97. The number of imidazole rings is 1. The van der Waals surface area contributed by atoms with Gasteiger partial charge in [0.15, 0.2) is 12.1 Å². The van der Waals surface area contributed by atoms with Crippen LogP contribution in [0.2, 0.25) is 0 Å². The molecule has 0 spiro atoms. The van der Waals surface area contributed by atoms with Gasteiger partial charge in [0.1, 0.15) is 0 Å². The van der Waals surface area contributed by atoms with E-state index in [0.717, 1.165) is 17.7 Å². The van der Waals surface area contributed by atoms with Crippen molar-refractivity contribution < 1.29 is 4.79 Å². The van der Waals surface area contributed by atoms with Crippen molar-refractivity contribution in [2.24, 2.45) is 0 Å². The molecule has 0 atom stereocenters. The molecule has 0 amide bonds. The lowest BCUT2D eigenvalue weighted by Gasteiger charge is -2.02. The maximum Gasteiger partial charge on any atom is 0.185 e. The van der Waals surface area contributed by atoms with Gasteiger partial charge in [0.25, 0.3) is 0 Å². The second kappa shape index (κ2) is 3.46. The van der Waals surface area contributed by atoms with Crippen LogP contribution in [0.5, 0.6) is 0 Å². The lowest BCUT2D eigenvalue weighted by atomic mass is 10.3. The summed E-state index contributed by atoms with van der Waals surface area (Å²) < 4.78 is 1.78. The second-order valence-corrected chi connectivity index (χ2v) is 3.06. The highest BCUT2D eigenvalue weighted by molar-refractivity contribution is 5.71. The second-order valence-electron chi connectivity index (χ2n) is 3.06. The van der Waals surface area contributed by atoms with Gasteiger partial charge >= 0.3 is 0 Å². The van der Waals surface area contributed by atoms with Gasteiger partial charge < -0.3 is 0 Å². The summed E-state index contributed by atoms with van der Waals surface area (Å²) in [6.07, 6.45) is 2.61. The van der Waals surface area contributed by atoms with Crippen molar-refractivity contribution in [3.05, 3.63) is 48.0 Å². The number of aromatic nitrogens is 2. The van der Waals surface area contributed by atoms with E-state index in [2.05, 4.69) is 4.98 Å². The van der Waals surface area contributed by atoms with E-state index in [1.54, 1.807) is 4.57 Å². The summed E-state index contributed by atoms with van der Waals surface area (Å²) in [5, 5.41) is 0. The molecule has 14 heavy (non-hydrogen) atoms. The van der Waals surface area contributed by atoms with Gasteiger partial charge in [0.2, 0.25) is 0 Å². The first-order chi connectivity index (χ1) is 6.81. The van der Waals surface area contributed by atoms with E-state index < -0.39 is 0 Å². The molecular weight excluding hydrogens is 176 g/mol. The van der Waals surface area contributed by atoms with Crippen molar-refractivity contribution >= 4 is 6.29 Å². The quantitative estimate of drug-likeness (QED) is 0.672. The molecule has 3 heteroatoms. The third-order valence-electron chi connectivity index (χ3n) is 1.99. The highest BCUT2D eigenvalue weighted by atomic mass is 16.1. The maximum absolute atomic E-state index is 10.7. The van der Waals surface area contributed by atoms with Crippen LogP contribution in [0, 0.1) is 6.92 Å². The Balaban J connectivity index is 2.56. The first-order valence-corrected chi connectivity index (χ1v) is 4.38. The number of rotatable bonds is 2. The van der Waals surface area contributed by atoms with Crippen molar-refractivity contribution in [2.45, 2.75) is 6.92 Å². The Kier molecular flexibility index (Phi) is 2.14. The van der Waals surface area contributed by atoms with Crippen molar-refractivity contribution in [3.8, 4) is 5.69 Å². The Morgan fingerprint density at radius 1 is 1.29 bits per heavy atom. The van der Waals surface area contributed by atoms with Crippen molar-refractivity contribution in [1.29, 1.82) is 0 Å². The van der Waals surface area contributed by atoms with E-state index in [9.17, 15) is 4.79 Å². The predicted octanol–water partition coefficient (Wildman–Crippen LogP) is 1.99. The molecule has 0 saturated heterocycles. The van der Waals surface area contributed by atoms with Gasteiger partial charge in [-0.3, -0.25) is 9.36 Å². The van der Waals surface area contributed by atoms with Crippen molar-refractivity contribution in [1.82, 2.24) is 9.55 Å². The fraction of sp³-hybridized carbons (Fsp3) is 0.0909. The van der Waals surface area contributed by atoms with Gasteiger partial charge in [-0.2, -0.15) is 0 Å². The van der Waals surface area contributed by atoms with E-state index in [1.807, 2.05) is 43.5 Å². The third kappa shape index (κ3) is 1.44. The zero-order valence-electron chi connectivity index (χ0n) is 7.84. The average molecular weight is 186 g/mol. The number of carbonyl (C=O) groups is 1. The molecule has 0 fully saturated rings. The molecule has 0 saturated carbocycles. The van der Waals surface area contributed by atoms with Crippen LogP contribution in [-0.4, -0.2) is 15.8 Å². The van der Waals surface area contributed by atoms with E-state index in [0.29, 0.717) is 5.82 Å². The fourth-order valence-electron chi connectivity index (χ4n) is 1.39. The minimum Gasteiger partial charge on any atom is -0.297 e. The zero-order valence-corrected chi connectivity index (χ0v) is 7.84. The number of hydrogen-bond donors (Lipinski definition) is 0. The predicted molar refractivity (Wildman–Crippen MR) is 53.7 cm³/mol. The summed E-state index contributed by atoms with van der Waals surface area (Å²) in [4.78, 5) is 14.8. The number of nitrogens with zero attached hydrogens (tertiary/aromatic N) is 2. The van der Waals surface area contributed by atoms with Crippen LogP contribution in [-0.2, 0) is 0 Å². The number of hydrogen-bond acceptors (Lipinski definition) is 2. The number of aldehydes is 1. The molecule has 3 nitrogen and oxygen atoms in total. The van der Waals surface area contributed by atoms with Crippen molar-refractivity contribution in [3.63, 3.8) is 0 Å². The van der Waals surface area contributed by atoms with Crippen LogP contribution in [0.3, 0.4) is 0 Å². The van der Waals surface area contributed by atoms with E-state index in [-0.39, 0.29) is 0 Å². The number of aryl methyl sites for hydroxylation is 1. The van der Waals surface area contributed by atoms with Gasteiger partial charge in [-0.05, 0) is 19.1 Å². The molecule has 0 aliphatic carbocycles. The highest BCUT2D eigenvalue weighted by Gasteiger charge is 2.04. The van der Waals surface area contributed by atoms with Crippen molar-refractivity contribution in [2.75, 3.05) is 0 Å². The molecule has 70 valence electrons. The molecule has 2 aromatic rings. The van der Waals surface area contributed by atoms with Gasteiger partial charge in [0.05, 0.1) is 5.69 Å². The normalized spacial score (nSPS) is 10.1. The SMILES string of the molecule is Cc1cn(-c2ccccc2)c(C=O)n1. The molecule has 2 rings (SSSR count). The van der Waals surface area contributed by atoms with Crippen LogP contribution in [0.4, 0.5) is 0 Å². The molecule has 0 N–H and O–H groups in total. The standard InChI is InChI=1S/C11H10N2O/c1-9-7-13(11(8-14)12-9)10-5-3-2-4-6-10/h2-8H,1H3. The highest BCUT2D eigenvalue weighted by Crippen LogP contribution is 2.10. The first-order valence-electron chi connectivity index (χ1n) is 4.38. The molecule has 1 heterocycles.